The van der Waals surface area contributed by atoms with Gasteiger partial charge in [0.05, 0.1) is 5.69 Å². The van der Waals surface area contributed by atoms with E-state index in [9.17, 15) is 4.79 Å². The Labute approximate surface area is 191 Å². The van der Waals surface area contributed by atoms with Gasteiger partial charge in [-0.25, -0.2) is 0 Å². The molecule has 1 fully saturated rings. The van der Waals surface area contributed by atoms with Crippen molar-refractivity contribution < 1.29 is 4.79 Å². The van der Waals surface area contributed by atoms with Gasteiger partial charge in [0.1, 0.15) is 6.04 Å². The normalized spacial score (nSPS) is 19.7. The minimum atomic E-state index is -0.220. The third-order valence-corrected chi connectivity index (χ3v) is 7.47. The number of hydrogen-bond donors (Lipinski definition) is 0. The third-order valence-electron chi connectivity index (χ3n) is 7.47. The molecule has 1 amide bonds. The molecule has 2 aromatic carbocycles. The molecule has 0 N–H and O–H groups in total. The summed E-state index contributed by atoms with van der Waals surface area (Å²) in [6.07, 6.45) is 6.45. The van der Waals surface area contributed by atoms with Crippen molar-refractivity contribution in [2.24, 2.45) is 0 Å². The summed E-state index contributed by atoms with van der Waals surface area (Å²) >= 11 is 0. The van der Waals surface area contributed by atoms with E-state index in [1.165, 1.54) is 65.4 Å². The molecule has 0 bridgehead atoms. The fourth-order valence-electron chi connectivity index (χ4n) is 5.83. The zero-order valence-electron chi connectivity index (χ0n) is 19.7. The Kier molecular flexibility index (Phi) is 5.81. The minimum Gasteiger partial charge on any atom is -0.335 e. The minimum absolute atomic E-state index is 0.220. The molecule has 168 valence electrons. The number of benzene rings is 2. The van der Waals surface area contributed by atoms with Crippen molar-refractivity contribution in [2.45, 2.75) is 57.5 Å². The SMILES string of the molecule is CC1C(=O)N(CCN(C)C)Cc2ccccc2-c2c(C3CCCCC3)c3ccccc3n21. The van der Waals surface area contributed by atoms with E-state index < -0.39 is 0 Å². The molecule has 32 heavy (non-hydrogen) atoms. The van der Waals surface area contributed by atoms with Gasteiger partial charge in [-0.15, -0.1) is 0 Å². The van der Waals surface area contributed by atoms with E-state index in [1.54, 1.807) is 0 Å². The number of fused-ring (bicyclic) bond motifs is 5. The topological polar surface area (TPSA) is 28.5 Å². The van der Waals surface area contributed by atoms with E-state index in [4.69, 9.17) is 0 Å². The fraction of sp³-hybridized carbons (Fsp3) is 0.464. The van der Waals surface area contributed by atoms with Crippen molar-refractivity contribution in [3.05, 3.63) is 59.7 Å². The molecule has 0 saturated heterocycles. The summed E-state index contributed by atoms with van der Waals surface area (Å²) in [4.78, 5) is 18.0. The van der Waals surface area contributed by atoms with Gasteiger partial charge in [-0.3, -0.25) is 4.79 Å². The molecule has 4 nitrogen and oxygen atoms in total. The monoisotopic (exact) mass is 429 g/mol. The highest BCUT2D eigenvalue weighted by Crippen LogP contribution is 2.46. The van der Waals surface area contributed by atoms with E-state index in [0.29, 0.717) is 12.5 Å². The molecule has 1 aromatic heterocycles. The van der Waals surface area contributed by atoms with Gasteiger partial charge >= 0.3 is 0 Å². The molecule has 5 rings (SSSR count). The van der Waals surface area contributed by atoms with Gasteiger partial charge < -0.3 is 14.4 Å². The summed E-state index contributed by atoms with van der Waals surface area (Å²) < 4.78 is 2.36. The maximum absolute atomic E-state index is 13.8. The fourth-order valence-corrected chi connectivity index (χ4v) is 5.83. The number of carbonyl (C=O) groups excluding carboxylic acids is 1. The smallest absolute Gasteiger partial charge is 0.245 e. The van der Waals surface area contributed by atoms with Crippen LogP contribution in [-0.2, 0) is 11.3 Å². The van der Waals surface area contributed by atoms with Gasteiger partial charge in [-0.05, 0) is 57.0 Å². The largest absolute Gasteiger partial charge is 0.335 e. The van der Waals surface area contributed by atoms with Crippen molar-refractivity contribution in [3.8, 4) is 11.3 Å². The number of likely N-dealkylation sites (N-methyl/N-ethyl adjacent to an activating group) is 1. The molecule has 1 aliphatic heterocycles. The lowest BCUT2D eigenvalue weighted by atomic mass is 9.81. The zero-order valence-corrected chi connectivity index (χ0v) is 19.7. The Morgan fingerprint density at radius 2 is 1.69 bits per heavy atom. The summed E-state index contributed by atoms with van der Waals surface area (Å²) in [7, 11) is 4.14. The van der Waals surface area contributed by atoms with Crippen LogP contribution in [0.5, 0.6) is 0 Å². The molecule has 0 radical (unpaired) electrons. The number of hydrogen-bond acceptors (Lipinski definition) is 2. The third kappa shape index (κ3) is 3.65. The first kappa shape index (κ1) is 21.3. The van der Waals surface area contributed by atoms with Crippen LogP contribution in [0.15, 0.2) is 48.5 Å². The van der Waals surface area contributed by atoms with Gasteiger partial charge in [0.15, 0.2) is 0 Å². The predicted octanol–water partition coefficient (Wildman–Crippen LogP) is 5.82. The molecule has 2 heterocycles. The number of nitrogens with zero attached hydrogens (tertiary/aromatic N) is 3. The van der Waals surface area contributed by atoms with E-state index in [2.05, 4.69) is 83.9 Å². The average Bonchev–Trinajstić information content (AvgIpc) is 3.15. The summed E-state index contributed by atoms with van der Waals surface area (Å²) in [5, 5.41) is 1.34. The van der Waals surface area contributed by atoms with E-state index in [-0.39, 0.29) is 11.9 Å². The Morgan fingerprint density at radius 1 is 0.969 bits per heavy atom. The molecular weight excluding hydrogens is 394 g/mol. The number of para-hydroxylation sites is 1. The molecule has 1 unspecified atom stereocenters. The van der Waals surface area contributed by atoms with Crippen molar-refractivity contribution in [1.82, 2.24) is 14.4 Å². The summed E-state index contributed by atoms with van der Waals surface area (Å²) in [5.41, 5.74) is 6.54. The number of aromatic nitrogens is 1. The van der Waals surface area contributed by atoms with Gasteiger partial charge in [0.2, 0.25) is 5.91 Å². The molecule has 3 aromatic rings. The average molecular weight is 430 g/mol. The van der Waals surface area contributed by atoms with Crippen LogP contribution in [0.3, 0.4) is 0 Å². The molecular formula is C28H35N3O. The maximum Gasteiger partial charge on any atom is 0.245 e. The van der Waals surface area contributed by atoms with Crippen LogP contribution >= 0.6 is 0 Å². The van der Waals surface area contributed by atoms with Crippen molar-refractivity contribution in [3.63, 3.8) is 0 Å². The zero-order chi connectivity index (χ0) is 22.2. The first-order valence-corrected chi connectivity index (χ1v) is 12.2. The van der Waals surface area contributed by atoms with Crippen LogP contribution in [0.1, 0.15) is 62.1 Å². The molecule has 2 aliphatic rings. The molecule has 0 spiro atoms. The molecule has 1 saturated carbocycles. The first-order valence-electron chi connectivity index (χ1n) is 12.2. The van der Waals surface area contributed by atoms with Crippen molar-refractivity contribution in [2.75, 3.05) is 27.2 Å². The summed E-state index contributed by atoms with van der Waals surface area (Å²) in [6, 6.07) is 17.3. The molecule has 4 heteroatoms. The van der Waals surface area contributed by atoms with Crippen LogP contribution in [-0.4, -0.2) is 47.5 Å². The van der Waals surface area contributed by atoms with Crippen LogP contribution in [0, 0.1) is 0 Å². The lowest BCUT2D eigenvalue weighted by Crippen LogP contribution is -2.41. The highest BCUT2D eigenvalue weighted by atomic mass is 16.2. The first-order chi connectivity index (χ1) is 15.6. The van der Waals surface area contributed by atoms with Gasteiger partial charge in [-0.2, -0.15) is 0 Å². The molecule has 1 aliphatic carbocycles. The quantitative estimate of drug-likeness (QED) is 0.523. The second-order valence-corrected chi connectivity index (χ2v) is 9.88. The van der Waals surface area contributed by atoms with Crippen LogP contribution in [0.2, 0.25) is 0 Å². The second-order valence-electron chi connectivity index (χ2n) is 9.88. The van der Waals surface area contributed by atoms with Crippen LogP contribution < -0.4 is 0 Å². The standard InChI is InChI=1S/C28H35N3O/c1-20-28(32)30(18-17-29(2)3)19-22-13-7-8-14-23(22)27-26(21-11-5-4-6-12-21)24-15-9-10-16-25(24)31(20)27/h7-10,13-16,20-21H,4-6,11-12,17-19H2,1-3H3. The highest BCUT2D eigenvalue weighted by molar-refractivity contribution is 5.96. The Hall–Kier alpha value is -2.59. The van der Waals surface area contributed by atoms with Gasteiger partial charge in [0, 0.05) is 36.1 Å². The molecule has 1 atom stereocenters. The summed E-state index contributed by atoms with van der Waals surface area (Å²) in [5.74, 6) is 0.795. The van der Waals surface area contributed by atoms with E-state index in [0.717, 1.165) is 13.1 Å². The Morgan fingerprint density at radius 3 is 2.47 bits per heavy atom. The van der Waals surface area contributed by atoms with Crippen LogP contribution in [0.4, 0.5) is 0 Å². The second kappa shape index (κ2) is 8.74. The van der Waals surface area contributed by atoms with Crippen molar-refractivity contribution in [1.29, 1.82) is 0 Å². The van der Waals surface area contributed by atoms with Crippen LogP contribution in [0.25, 0.3) is 22.2 Å². The predicted molar refractivity (Wildman–Crippen MR) is 132 cm³/mol. The highest BCUT2D eigenvalue weighted by Gasteiger charge is 2.34. The number of carbonyl (C=O) groups is 1. The number of rotatable bonds is 4. The van der Waals surface area contributed by atoms with Gasteiger partial charge in [0.25, 0.3) is 0 Å². The number of amides is 1. The Balaban J connectivity index is 1.75. The Bertz CT molecular complexity index is 1120. The van der Waals surface area contributed by atoms with E-state index >= 15 is 0 Å². The van der Waals surface area contributed by atoms with Gasteiger partial charge in [-0.1, -0.05) is 61.7 Å². The lowest BCUT2D eigenvalue weighted by molar-refractivity contribution is -0.135. The maximum atomic E-state index is 13.8. The summed E-state index contributed by atoms with van der Waals surface area (Å²) in [6.45, 7) is 4.39. The lowest BCUT2D eigenvalue weighted by Gasteiger charge is -2.33. The van der Waals surface area contributed by atoms with E-state index in [1.807, 2.05) is 0 Å². The van der Waals surface area contributed by atoms with Crippen molar-refractivity contribution >= 4 is 16.8 Å².